The molecule has 0 unspecified atom stereocenters. The highest BCUT2D eigenvalue weighted by Gasteiger charge is 2.35. The second-order valence-electron chi connectivity index (χ2n) is 4.28. The molecule has 3 nitrogen and oxygen atoms in total. The first-order chi connectivity index (χ1) is 10.4. The number of hydrogen-bond donors (Lipinski definition) is 1. The second kappa shape index (κ2) is 6.46. The van der Waals surface area contributed by atoms with Crippen LogP contribution < -0.4 is 10.2 Å². The van der Waals surface area contributed by atoms with Gasteiger partial charge >= 0.3 is 6.18 Å². The summed E-state index contributed by atoms with van der Waals surface area (Å²) in [4.78, 5) is 0. The van der Waals surface area contributed by atoms with Crippen molar-refractivity contribution in [2.75, 3.05) is 12.5 Å². The Labute approximate surface area is 124 Å². The highest BCUT2D eigenvalue weighted by molar-refractivity contribution is 5.84. The van der Waals surface area contributed by atoms with E-state index >= 15 is 0 Å². The SMILES string of the molecule is COc1c(C=NNc2ccccc2)ccc(C(F)(F)F)c1F. The van der Waals surface area contributed by atoms with Crippen LogP contribution in [-0.2, 0) is 6.18 Å². The van der Waals surface area contributed by atoms with E-state index in [4.69, 9.17) is 4.74 Å². The van der Waals surface area contributed by atoms with Crippen molar-refractivity contribution >= 4 is 11.9 Å². The zero-order valence-corrected chi connectivity index (χ0v) is 11.5. The van der Waals surface area contributed by atoms with Crippen molar-refractivity contribution in [3.05, 3.63) is 59.4 Å². The average Bonchev–Trinajstić information content (AvgIpc) is 2.47. The zero-order valence-electron chi connectivity index (χ0n) is 11.5. The van der Waals surface area contributed by atoms with Gasteiger partial charge in [-0.05, 0) is 24.3 Å². The molecule has 0 fully saturated rings. The molecule has 0 spiro atoms. The van der Waals surface area contributed by atoms with E-state index in [0.29, 0.717) is 11.8 Å². The Morgan fingerprint density at radius 2 is 1.77 bits per heavy atom. The molecule has 0 bridgehead atoms. The van der Waals surface area contributed by atoms with Gasteiger partial charge < -0.3 is 4.74 Å². The molecule has 0 saturated carbocycles. The number of hydrazone groups is 1. The van der Waals surface area contributed by atoms with Crippen LogP contribution in [0.15, 0.2) is 47.6 Å². The number of halogens is 4. The standard InChI is InChI=1S/C15H12F4N2O/c1-22-14-10(7-8-12(13(14)16)15(17,18)19)9-20-21-11-5-3-2-4-6-11/h2-9,21H,1H3. The zero-order chi connectivity index (χ0) is 16.2. The van der Waals surface area contributed by atoms with Crippen molar-refractivity contribution in [1.82, 2.24) is 0 Å². The molecular weight excluding hydrogens is 300 g/mol. The van der Waals surface area contributed by atoms with Gasteiger partial charge in [0.25, 0.3) is 0 Å². The highest BCUT2D eigenvalue weighted by atomic mass is 19.4. The fraction of sp³-hybridized carbons (Fsp3) is 0.133. The Morgan fingerprint density at radius 3 is 2.36 bits per heavy atom. The van der Waals surface area contributed by atoms with Crippen LogP contribution in [0.1, 0.15) is 11.1 Å². The maximum Gasteiger partial charge on any atom is 0.419 e. The van der Waals surface area contributed by atoms with Crippen LogP contribution in [0.5, 0.6) is 5.75 Å². The van der Waals surface area contributed by atoms with E-state index < -0.39 is 23.3 Å². The van der Waals surface area contributed by atoms with E-state index in [1.807, 2.05) is 6.07 Å². The van der Waals surface area contributed by atoms with Crippen LogP contribution in [0.3, 0.4) is 0 Å². The third-order valence-electron chi connectivity index (χ3n) is 2.81. The molecule has 2 aromatic carbocycles. The minimum atomic E-state index is -4.78. The van der Waals surface area contributed by atoms with Gasteiger partial charge in [0.05, 0.1) is 24.6 Å². The predicted octanol–water partition coefficient (Wildman–Crippen LogP) is 4.30. The number of nitrogens with zero attached hydrogens (tertiary/aromatic N) is 1. The van der Waals surface area contributed by atoms with Gasteiger partial charge in [-0.1, -0.05) is 18.2 Å². The first kappa shape index (κ1) is 15.8. The maximum absolute atomic E-state index is 13.9. The van der Waals surface area contributed by atoms with Crippen molar-refractivity contribution < 1.29 is 22.3 Å². The van der Waals surface area contributed by atoms with Crippen LogP contribution in [0.2, 0.25) is 0 Å². The molecule has 0 radical (unpaired) electrons. The number of alkyl halides is 3. The Kier molecular flexibility index (Phi) is 4.65. The van der Waals surface area contributed by atoms with Gasteiger partial charge in [0.2, 0.25) is 0 Å². The quantitative estimate of drug-likeness (QED) is 0.519. The summed E-state index contributed by atoms with van der Waals surface area (Å²) in [6.07, 6.45) is -3.59. The summed E-state index contributed by atoms with van der Waals surface area (Å²) in [5.74, 6) is -1.97. The van der Waals surface area contributed by atoms with E-state index in [1.165, 1.54) is 6.21 Å². The lowest BCUT2D eigenvalue weighted by Crippen LogP contribution is -2.10. The van der Waals surface area contributed by atoms with E-state index in [1.54, 1.807) is 24.3 Å². The molecule has 0 amide bonds. The minimum Gasteiger partial charge on any atom is -0.493 e. The summed E-state index contributed by atoms with van der Waals surface area (Å²) in [7, 11) is 1.10. The molecule has 2 rings (SSSR count). The molecule has 0 aliphatic carbocycles. The Morgan fingerprint density at radius 1 is 1.09 bits per heavy atom. The lowest BCUT2D eigenvalue weighted by Gasteiger charge is -2.12. The van der Waals surface area contributed by atoms with Gasteiger partial charge in [0.15, 0.2) is 11.6 Å². The van der Waals surface area contributed by atoms with Crippen molar-refractivity contribution in [3.8, 4) is 5.75 Å². The topological polar surface area (TPSA) is 33.6 Å². The summed E-state index contributed by atoms with van der Waals surface area (Å²) in [5.41, 5.74) is 2.08. The molecule has 0 aromatic heterocycles. The molecule has 22 heavy (non-hydrogen) atoms. The normalized spacial score (nSPS) is 11.7. The van der Waals surface area contributed by atoms with Crippen molar-refractivity contribution in [2.45, 2.75) is 6.18 Å². The molecule has 0 saturated heterocycles. The molecule has 1 N–H and O–H groups in total. The molecule has 0 heterocycles. The predicted molar refractivity (Wildman–Crippen MR) is 75.6 cm³/mol. The number of benzene rings is 2. The molecule has 2 aromatic rings. The van der Waals surface area contributed by atoms with Gasteiger partial charge in [-0.25, -0.2) is 4.39 Å². The van der Waals surface area contributed by atoms with Crippen molar-refractivity contribution in [3.63, 3.8) is 0 Å². The first-order valence-electron chi connectivity index (χ1n) is 6.21. The monoisotopic (exact) mass is 312 g/mol. The Balaban J connectivity index is 2.26. The summed E-state index contributed by atoms with van der Waals surface area (Å²) >= 11 is 0. The first-order valence-corrected chi connectivity index (χ1v) is 6.21. The van der Waals surface area contributed by atoms with E-state index in [9.17, 15) is 17.6 Å². The number of para-hydroxylation sites is 1. The van der Waals surface area contributed by atoms with Gasteiger partial charge in [-0.2, -0.15) is 18.3 Å². The molecular formula is C15H12F4N2O. The van der Waals surface area contributed by atoms with Gasteiger partial charge in [0.1, 0.15) is 0 Å². The molecule has 116 valence electrons. The van der Waals surface area contributed by atoms with Crippen molar-refractivity contribution in [2.24, 2.45) is 5.10 Å². The minimum absolute atomic E-state index is 0.0939. The largest absolute Gasteiger partial charge is 0.493 e. The van der Waals surface area contributed by atoms with Gasteiger partial charge in [0, 0.05) is 5.56 Å². The van der Waals surface area contributed by atoms with Gasteiger partial charge in [-0.3, -0.25) is 5.43 Å². The van der Waals surface area contributed by atoms with E-state index in [-0.39, 0.29) is 5.56 Å². The fourth-order valence-corrected chi connectivity index (χ4v) is 1.79. The number of anilines is 1. The molecule has 0 aliphatic rings. The summed E-state index contributed by atoms with van der Waals surface area (Å²) in [5, 5.41) is 3.85. The van der Waals surface area contributed by atoms with Crippen LogP contribution in [-0.4, -0.2) is 13.3 Å². The number of hydrogen-bond acceptors (Lipinski definition) is 3. The molecule has 0 aliphatic heterocycles. The molecule has 7 heteroatoms. The summed E-state index contributed by atoms with van der Waals surface area (Å²) in [6.45, 7) is 0. The molecule has 0 atom stereocenters. The number of ether oxygens (including phenoxy) is 1. The lowest BCUT2D eigenvalue weighted by molar-refractivity contribution is -0.140. The van der Waals surface area contributed by atoms with E-state index in [0.717, 1.165) is 13.2 Å². The van der Waals surface area contributed by atoms with E-state index in [2.05, 4.69) is 10.5 Å². The van der Waals surface area contributed by atoms with Crippen LogP contribution in [0.25, 0.3) is 0 Å². The third kappa shape index (κ3) is 3.55. The lowest BCUT2D eigenvalue weighted by atomic mass is 10.1. The van der Waals surface area contributed by atoms with Crippen LogP contribution in [0, 0.1) is 5.82 Å². The average molecular weight is 312 g/mol. The third-order valence-corrected chi connectivity index (χ3v) is 2.81. The Hall–Kier alpha value is -2.57. The fourth-order valence-electron chi connectivity index (χ4n) is 1.79. The smallest absolute Gasteiger partial charge is 0.419 e. The number of methoxy groups -OCH3 is 1. The second-order valence-corrected chi connectivity index (χ2v) is 4.28. The number of nitrogens with one attached hydrogen (secondary N) is 1. The maximum atomic E-state index is 13.9. The Bertz CT molecular complexity index is 669. The van der Waals surface area contributed by atoms with Crippen molar-refractivity contribution in [1.29, 1.82) is 0 Å². The summed E-state index contributed by atoms with van der Waals surface area (Å²) in [6, 6.07) is 10.7. The van der Waals surface area contributed by atoms with Gasteiger partial charge in [-0.15, -0.1) is 0 Å². The highest BCUT2D eigenvalue weighted by Crippen LogP contribution is 2.36. The summed E-state index contributed by atoms with van der Waals surface area (Å²) < 4.78 is 56.5. The number of rotatable bonds is 4. The van der Waals surface area contributed by atoms with Crippen LogP contribution in [0.4, 0.5) is 23.2 Å². The van der Waals surface area contributed by atoms with Crippen LogP contribution >= 0.6 is 0 Å².